The van der Waals surface area contributed by atoms with Crippen molar-refractivity contribution in [1.29, 1.82) is 0 Å². The first-order valence-corrected chi connectivity index (χ1v) is 6.75. The van der Waals surface area contributed by atoms with Gasteiger partial charge >= 0.3 is 5.97 Å². The van der Waals surface area contributed by atoms with Crippen LogP contribution >= 0.6 is 0 Å². The highest BCUT2D eigenvalue weighted by molar-refractivity contribution is 7.89. The molecule has 102 valence electrons. The van der Waals surface area contributed by atoms with Gasteiger partial charge in [-0.25, -0.2) is 17.9 Å². The molecule has 2 rings (SSSR count). The normalized spacial score (nSPS) is 11.6. The van der Waals surface area contributed by atoms with Gasteiger partial charge in [0.15, 0.2) is 0 Å². The Morgan fingerprint density at radius 2 is 2.32 bits per heavy atom. The van der Waals surface area contributed by atoms with Crippen molar-refractivity contribution in [3.05, 3.63) is 35.9 Å². The third-order valence-corrected chi connectivity index (χ3v) is 3.90. The second-order valence-electron chi connectivity index (χ2n) is 3.91. The molecule has 0 amide bonds. The van der Waals surface area contributed by atoms with Crippen molar-refractivity contribution < 1.29 is 18.3 Å². The van der Waals surface area contributed by atoms with Crippen LogP contribution in [-0.4, -0.2) is 34.3 Å². The van der Waals surface area contributed by atoms with Crippen LogP contribution in [0.15, 0.2) is 29.6 Å². The van der Waals surface area contributed by atoms with E-state index in [1.165, 1.54) is 24.0 Å². The zero-order valence-electron chi connectivity index (χ0n) is 9.99. The van der Waals surface area contributed by atoms with Crippen molar-refractivity contribution in [2.45, 2.75) is 11.4 Å². The Morgan fingerprint density at radius 3 is 2.84 bits per heavy atom. The number of hydrogen-bond donors (Lipinski definition) is 3. The SMILES string of the molecule is Cn1cc(S(=O)(=O)NCc2cn[nH]c2)cc1C(=O)O. The van der Waals surface area contributed by atoms with Gasteiger partial charge in [0.05, 0.1) is 6.20 Å². The number of sulfonamides is 1. The number of hydrogen-bond acceptors (Lipinski definition) is 4. The minimum absolute atomic E-state index is 0.0795. The maximum atomic E-state index is 12.0. The fourth-order valence-corrected chi connectivity index (χ4v) is 2.62. The highest BCUT2D eigenvalue weighted by Crippen LogP contribution is 2.13. The minimum Gasteiger partial charge on any atom is -0.477 e. The maximum absolute atomic E-state index is 12.0. The fraction of sp³-hybridized carbons (Fsp3) is 0.200. The van der Waals surface area contributed by atoms with E-state index in [1.54, 1.807) is 6.20 Å². The Balaban J connectivity index is 2.20. The third kappa shape index (κ3) is 2.83. The summed E-state index contributed by atoms with van der Waals surface area (Å²) >= 11 is 0. The third-order valence-electron chi connectivity index (χ3n) is 2.53. The van der Waals surface area contributed by atoms with E-state index in [2.05, 4.69) is 14.9 Å². The Bertz CT molecular complexity index is 687. The molecular formula is C10H12N4O4S. The highest BCUT2D eigenvalue weighted by Gasteiger charge is 2.19. The molecule has 0 fully saturated rings. The van der Waals surface area contributed by atoms with Crippen molar-refractivity contribution in [3.8, 4) is 0 Å². The van der Waals surface area contributed by atoms with E-state index in [0.717, 1.165) is 6.07 Å². The molecule has 0 bridgehead atoms. The van der Waals surface area contributed by atoms with Crippen molar-refractivity contribution in [1.82, 2.24) is 19.5 Å². The van der Waals surface area contributed by atoms with E-state index in [0.29, 0.717) is 5.56 Å². The molecule has 0 radical (unpaired) electrons. The summed E-state index contributed by atoms with van der Waals surface area (Å²) in [7, 11) is -2.28. The van der Waals surface area contributed by atoms with Gasteiger partial charge in [-0.15, -0.1) is 0 Å². The molecule has 8 nitrogen and oxygen atoms in total. The lowest BCUT2D eigenvalue weighted by molar-refractivity contribution is 0.0686. The number of carboxylic acid groups (broad SMARTS) is 1. The van der Waals surface area contributed by atoms with Crippen molar-refractivity contribution >= 4 is 16.0 Å². The zero-order chi connectivity index (χ0) is 14.0. The van der Waals surface area contributed by atoms with Gasteiger partial charge in [-0.1, -0.05) is 0 Å². The Morgan fingerprint density at radius 1 is 1.58 bits per heavy atom. The maximum Gasteiger partial charge on any atom is 0.352 e. The molecule has 3 N–H and O–H groups in total. The molecule has 0 spiro atoms. The first-order valence-electron chi connectivity index (χ1n) is 5.27. The van der Waals surface area contributed by atoms with Crippen molar-refractivity contribution in [3.63, 3.8) is 0 Å². The first kappa shape index (κ1) is 13.3. The van der Waals surface area contributed by atoms with Gasteiger partial charge in [0, 0.05) is 31.5 Å². The van der Waals surface area contributed by atoms with E-state index >= 15 is 0 Å². The Hall–Kier alpha value is -2.13. The summed E-state index contributed by atoms with van der Waals surface area (Å²) in [5.74, 6) is -1.18. The molecule has 2 aromatic rings. The summed E-state index contributed by atoms with van der Waals surface area (Å²) in [5, 5.41) is 15.1. The lowest BCUT2D eigenvalue weighted by atomic mass is 10.4. The number of aromatic amines is 1. The van der Waals surface area contributed by atoms with Crippen LogP contribution in [0.4, 0.5) is 0 Å². The second kappa shape index (κ2) is 4.86. The first-order chi connectivity index (χ1) is 8.90. The van der Waals surface area contributed by atoms with Crippen LogP contribution in [0.2, 0.25) is 0 Å². The minimum atomic E-state index is -3.75. The lowest BCUT2D eigenvalue weighted by Gasteiger charge is -2.02. The summed E-state index contributed by atoms with van der Waals surface area (Å²) in [6.45, 7) is 0.0795. The molecule has 2 aromatic heterocycles. The number of carboxylic acids is 1. The summed E-state index contributed by atoms with van der Waals surface area (Å²) in [5.41, 5.74) is 0.585. The van der Waals surface area contributed by atoms with Crippen LogP contribution in [0.5, 0.6) is 0 Å². The van der Waals surface area contributed by atoms with Crippen molar-refractivity contribution in [2.75, 3.05) is 0 Å². The van der Waals surface area contributed by atoms with E-state index in [1.807, 2.05) is 0 Å². The number of rotatable bonds is 5. The monoisotopic (exact) mass is 284 g/mol. The Kier molecular flexibility index (Phi) is 3.40. The quantitative estimate of drug-likeness (QED) is 0.710. The van der Waals surface area contributed by atoms with Crippen molar-refractivity contribution in [2.24, 2.45) is 7.05 Å². The van der Waals surface area contributed by atoms with Gasteiger partial charge in [0.1, 0.15) is 10.6 Å². The fourth-order valence-electron chi connectivity index (χ4n) is 1.53. The van der Waals surface area contributed by atoms with Gasteiger partial charge in [-0.2, -0.15) is 5.10 Å². The number of nitrogens with one attached hydrogen (secondary N) is 2. The van der Waals surface area contributed by atoms with Crippen LogP contribution in [0.25, 0.3) is 0 Å². The molecule has 2 heterocycles. The number of aryl methyl sites for hydroxylation is 1. The topological polar surface area (TPSA) is 117 Å². The highest BCUT2D eigenvalue weighted by atomic mass is 32.2. The van der Waals surface area contributed by atoms with Gasteiger partial charge in [-0.3, -0.25) is 5.10 Å². The predicted molar refractivity (Wildman–Crippen MR) is 65.0 cm³/mol. The van der Waals surface area contributed by atoms with E-state index in [-0.39, 0.29) is 17.1 Å². The zero-order valence-corrected chi connectivity index (χ0v) is 10.8. The van der Waals surface area contributed by atoms with Gasteiger partial charge in [0.25, 0.3) is 0 Å². The molecule has 0 aliphatic heterocycles. The summed E-state index contributed by atoms with van der Waals surface area (Å²) in [4.78, 5) is 10.8. The average molecular weight is 284 g/mol. The van der Waals surface area contributed by atoms with Crippen LogP contribution in [0.1, 0.15) is 16.1 Å². The summed E-state index contributed by atoms with van der Waals surface area (Å²) in [6.07, 6.45) is 4.31. The van der Waals surface area contributed by atoms with Crippen LogP contribution in [-0.2, 0) is 23.6 Å². The lowest BCUT2D eigenvalue weighted by Crippen LogP contribution is -2.22. The molecule has 19 heavy (non-hydrogen) atoms. The number of H-pyrrole nitrogens is 1. The van der Waals surface area contributed by atoms with Gasteiger partial charge in [-0.05, 0) is 6.07 Å². The van der Waals surface area contributed by atoms with Crippen LogP contribution < -0.4 is 4.72 Å². The smallest absolute Gasteiger partial charge is 0.352 e. The second-order valence-corrected chi connectivity index (χ2v) is 5.68. The van der Waals surface area contributed by atoms with E-state index in [9.17, 15) is 13.2 Å². The van der Waals surface area contributed by atoms with Gasteiger partial charge in [0.2, 0.25) is 10.0 Å². The molecule has 9 heteroatoms. The molecule has 0 aliphatic rings. The number of aromatic carboxylic acids is 1. The number of nitrogens with zero attached hydrogens (tertiary/aromatic N) is 2. The molecule has 0 aliphatic carbocycles. The molecule has 0 unspecified atom stereocenters. The molecule has 0 atom stereocenters. The molecule has 0 saturated carbocycles. The summed E-state index contributed by atoms with van der Waals surface area (Å²) in [6, 6.07) is 1.11. The average Bonchev–Trinajstić information content (AvgIpc) is 2.95. The molecule has 0 aromatic carbocycles. The predicted octanol–water partition coefficient (Wildman–Crippen LogP) is -0.0751. The largest absolute Gasteiger partial charge is 0.477 e. The number of carbonyl (C=O) groups is 1. The number of aromatic nitrogens is 3. The summed E-state index contributed by atoms with van der Waals surface area (Å²) < 4.78 is 27.5. The van der Waals surface area contributed by atoms with E-state index in [4.69, 9.17) is 5.11 Å². The molecule has 0 saturated heterocycles. The van der Waals surface area contributed by atoms with Crippen LogP contribution in [0.3, 0.4) is 0 Å². The molecular weight excluding hydrogens is 272 g/mol. The van der Waals surface area contributed by atoms with Crippen LogP contribution in [0, 0.1) is 0 Å². The van der Waals surface area contributed by atoms with E-state index < -0.39 is 16.0 Å². The standard InChI is InChI=1S/C10H12N4O4S/c1-14-6-8(2-9(14)10(15)16)19(17,18)13-5-7-3-11-12-4-7/h2-4,6,13H,5H2,1H3,(H,11,12)(H,15,16). The Labute approximate surface area is 109 Å². The van der Waals surface area contributed by atoms with Gasteiger partial charge < -0.3 is 9.67 Å².